The third kappa shape index (κ3) is 4.19. The summed E-state index contributed by atoms with van der Waals surface area (Å²) < 4.78 is 10.6. The lowest BCUT2D eigenvalue weighted by Crippen LogP contribution is -2.29. The van der Waals surface area contributed by atoms with Crippen molar-refractivity contribution in [2.75, 3.05) is 19.1 Å². The maximum atomic E-state index is 13.3. The van der Waals surface area contributed by atoms with Gasteiger partial charge in [-0.3, -0.25) is 14.5 Å². The van der Waals surface area contributed by atoms with Crippen LogP contribution >= 0.6 is 11.6 Å². The van der Waals surface area contributed by atoms with Crippen LogP contribution in [0.4, 0.5) is 5.69 Å². The zero-order valence-corrected chi connectivity index (χ0v) is 20.4. The molecule has 1 atom stereocenters. The lowest BCUT2D eigenvalue weighted by atomic mass is 9.93. The number of aliphatic hydroxyl groups is 1. The standard InChI is InChI=1S/C27H24ClNO6/c1-14-12-22(35-4)15(2)11-19(14)25(31)23-24(16-5-8-18(30)9-6-16)29(27(33)26(23)32)17-7-10-21(34-3)20(28)13-17/h5-13,24,30-31H,1-4H3/b25-23+. The van der Waals surface area contributed by atoms with E-state index in [1.165, 1.54) is 30.2 Å². The number of Topliss-reactive ketones (excluding diaryl/α,β-unsaturated/α-hetero) is 1. The van der Waals surface area contributed by atoms with Crippen LogP contribution in [0.5, 0.6) is 17.2 Å². The number of amides is 1. The second kappa shape index (κ2) is 9.35. The molecule has 1 amide bonds. The van der Waals surface area contributed by atoms with Crippen molar-refractivity contribution in [3.63, 3.8) is 0 Å². The SMILES string of the molecule is COc1cc(C)c(/C(O)=C2\C(=O)C(=O)N(c3ccc(OC)c(Cl)c3)C2c2ccc(O)cc2)cc1C. The smallest absolute Gasteiger partial charge is 0.300 e. The Morgan fingerprint density at radius 2 is 1.57 bits per heavy atom. The average Bonchev–Trinajstić information content (AvgIpc) is 3.10. The Bertz CT molecular complexity index is 1360. The minimum Gasteiger partial charge on any atom is -0.508 e. The third-order valence-electron chi connectivity index (χ3n) is 6.06. The maximum absolute atomic E-state index is 13.3. The molecule has 0 spiro atoms. The highest BCUT2D eigenvalue weighted by molar-refractivity contribution is 6.52. The van der Waals surface area contributed by atoms with Gasteiger partial charge in [0.15, 0.2) is 0 Å². The molecule has 1 saturated heterocycles. The Kier molecular flexibility index (Phi) is 6.45. The first kappa shape index (κ1) is 24.2. The van der Waals surface area contributed by atoms with Crippen LogP contribution in [0.3, 0.4) is 0 Å². The number of hydrogen-bond acceptors (Lipinski definition) is 6. The largest absolute Gasteiger partial charge is 0.508 e. The number of carbonyl (C=O) groups excluding carboxylic acids is 2. The molecule has 1 aliphatic rings. The van der Waals surface area contributed by atoms with E-state index in [9.17, 15) is 19.8 Å². The van der Waals surface area contributed by atoms with E-state index in [0.29, 0.717) is 33.9 Å². The summed E-state index contributed by atoms with van der Waals surface area (Å²) >= 11 is 6.31. The molecule has 35 heavy (non-hydrogen) atoms. The van der Waals surface area contributed by atoms with Crippen molar-refractivity contribution in [1.29, 1.82) is 0 Å². The number of aliphatic hydroxyl groups excluding tert-OH is 1. The monoisotopic (exact) mass is 493 g/mol. The zero-order chi connectivity index (χ0) is 25.4. The number of aromatic hydroxyl groups is 1. The summed E-state index contributed by atoms with van der Waals surface area (Å²) in [6, 6.07) is 13.4. The highest BCUT2D eigenvalue weighted by Gasteiger charge is 2.47. The number of nitrogens with zero attached hydrogens (tertiary/aromatic N) is 1. The second-order valence-electron chi connectivity index (χ2n) is 8.22. The van der Waals surface area contributed by atoms with Gasteiger partial charge in [0, 0.05) is 11.3 Å². The summed E-state index contributed by atoms with van der Waals surface area (Å²) in [6.07, 6.45) is 0. The molecule has 2 N–H and O–H groups in total. The van der Waals surface area contributed by atoms with Gasteiger partial charge in [0.2, 0.25) is 0 Å². The minimum absolute atomic E-state index is 0.0276. The molecule has 180 valence electrons. The average molecular weight is 494 g/mol. The Morgan fingerprint density at radius 3 is 2.17 bits per heavy atom. The molecule has 0 aliphatic carbocycles. The number of aryl methyl sites for hydroxylation is 2. The lowest BCUT2D eigenvalue weighted by Gasteiger charge is -2.26. The molecular weight excluding hydrogens is 470 g/mol. The number of benzene rings is 3. The summed E-state index contributed by atoms with van der Waals surface area (Å²) in [7, 11) is 3.03. The van der Waals surface area contributed by atoms with Gasteiger partial charge in [-0.05, 0) is 73.0 Å². The van der Waals surface area contributed by atoms with Gasteiger partial charge >= 0.3 is 0 Å². The van der Waals surface area contributed by atoms with Crippen LogP contribution in [0.15, 0.2) is 60.2 Å². The van der Waals surface area contributed by atoms with Crippen LogP contribution in [0.25, 0.3) is 5.76 Å². The van der Waals surface area contributed by atoms with Crippen LogP contribution in [-0.2, 0) is 9.59 Å². The van der Waals surface area contributed by atoms with Gasteiger partial charge in [0.1, 0.15) is 23.0 Å². The van der Waals surface area contributed by atoms with E-state index in [4.69, 9.17) is 21.1 Å². The molecule has 1 fully saturated rings. The zero-order valence-electron chi connectivity index (χ0n) is 19.6. The Hall–Kier alpha value is -3.97. The highest BCUT2D eigenvalue weighted by Crippen LogP contribution is 2.44. The highest BCUT2D eigenvalue weighted by atomic mass is 35.5. The summed E-state index contributed by atoms with van der Waals surface area (Å²) in [5, 5.41) is 21.5. The summed E-state index contributed by atoms with van der Waals surface area (Å²) in [5.74, 6) is -0.860. The van der Waals surface area contributed by atoms with Gasteiger partial charge in [-0.15, -0.1) is 0 Å². The second-order valence-corrected chi connectivity index (χ2v) is 8.62. The fourth-order valence-electron chi connectivity index (χ4n) is 4.29. The predicted molar refractivity (Wildman–Crippen MR) is 133 cm³/mol. The Balaban J connectivity index is 1.96. The Morgan fingerprint density at radius 1 is 0.914 bits per heavy atom. The van der Waals surface area contributed by atoms with Crippen molar-refractivity contribution >= 4 is 34.7 Å². The molecule has 1 heterocycles. The van der Waals surface area contributed by atoms with E-state index in [2.05, 4.69) is 0 Å². The first-order chi connectivity index (χ1) is 16.7. The molecule has 3 aromatic rings. The quantitative estimate of drug-likeness (QED) is 0.284. The first-order valence-electron chi connectivity index (χ1n) is 10.8. The van der Waals surface area contributed by atoms with Gasteiger partial charge in [-0.1, -0.05) is 23.7 Å². The van der Waals surface area contributed by atoms with Crippen LogP contribution in [0.1, 0.15) is 28.3 Å². The van der Waals surface area contributed by atoms with E-state index < -0.39 is 17.7 Å². The van der Waals surface area contributed by atoms with Crippen molar-refractivity contribution < 1.29 is 29.3 Å². The van der Waals surface area contributed by atoms with Gasteiger partial charge < -0.3 is 19.7 Å². The van der Waals surface area contributed by atoms with E-state index in [1.807, 2.05) is 6.92 Å². The number of rotatable bonds is 5. The van der Waals surface area contributed by atoms with Crippen LogP contribution in [-0.4, -0.2) is 36.1 Å². The van der Waals surface area contributed by atoms with E-state index in [0.717, 1.165) is 5.56 Å². The van der Waals surface area contributed by atoms with Crippen LogP contribution in [0, 0.1) is 13.8 Å². The fourth-order valence-corrected chi connectivity index (χ4v) is 4.54. The molecule has 0 aromatic heterocycles. The topological polar surface area (TPSA) is 96.3 Å². The number of phenolic OH excluding ortho intramolecular Hbond substituents is 1. The van der Waals surface area contributed by atoms with Crippen molar-refractivity contribution in [3.05, 3.63) is 87.4 Å². The van der Waals surface area contributed by atoms with E-state index in [1.54, 1.807) is 50.4 Å². The van der Waals surface area contributed by atoms with E-state index in [-0.39, 0.29) is 22.1 Å². The number of anilines is 1. The molecule has 3 aromatic carbocycles. The normalized spacial score (nSPS) is 17.1. The van der Waals surface area contributed by atoms with Gasteiger partial charge in [-0.2, -0.15) is 0 Å². The van der Waals surface area contributed by atoms with Crippen LogP contribution < -0.4 is 14.4 Å². The molecule has 4 rings (SSSR count). The molecule has 8 heteroatoms. The number of ether oxygens (including phenoxy) is 2. The summed E-state index contributed by atoms with van der Waals surface area (Å²) in [6.45, 7) is 3.61. The van der Waals surface area contributed by atoms with Gasteiger partial charge in [0.25, 0.3) is 11.7 Å². The number of phenols is 1. The third-order valence-corrected chi connectivity index (χ3v) is 6.36. The summed E-state index contributed by atoms with van der Waals surface area (Å²) in [4.78, 5) is 27.9. The summed E-state index contributed by atoms with van der Waals surface area (Å²) in [5.41, 5.74) is 2.67. The number of carbonyl (C=O) groups is 2. The number of ketones is 1. The molecule has 0 saturated carbocycles. The van der Waals surface area contributed by atoms with E-state index >= 15 is 0 Å². The molecule has 1 aliphatic heterocycles. The first-order valence-corrected chi connectivity index (χ1v) is 11.1. The molecule has 1 unspecified atom stereocenters. The van der Waals surface area contributed by atoms with Gasteiger partial charge in [0.05, 0.1) is 30.9 Å². The number of methoxy groups -OCH3 is 2. The lowest BCUT2D eigenvalue weighted by molar-refractivity contribution is -0.132. The molecular formula is C27H24ClNO6. The number of halogens is 1. The molecule has 0 bridgehead atoms. The molecule has 7 nitrogen and oxygen atoms in total. The van der Waals surface area contributed by atoms with Crippen molar-refractivity contribution in [3.8, 4) is 17.2 Å². The Labute approximate surface area is 207 Å². The predicted octanol–water partition coefficient (Wildman–Crippen LogP) is 5.31. The fraction of sp³-hybridized carbons (Fsp3) is 0.185. The number of hydrogen-bond donors (Lipinski definition) is 2. The van der Waals surface area contributed by atoms with Gasteiger partial charge in [-0.25, -0.2) is 0 Å². The van der Waals surface area contributed by atoms with Crippen LogP contribution in [0.2, 0.25) is 5.02 Å². The maximum Gasteiger partial charge on any atom is 0.300 e. The minimum atomic E-state index is -0.957. The molecule has 0 radical (unpaired) electrons. The van der Waals surface area contributed by atoms with Crippen molar-refractivity contribution in [2.45, 2.75) is 19.9 Å². The van der Waals surface area contributed by atoms with Crippen molar-refractivity contribution in [1.82, 2.24) is 0 Å². The van der Waals surface area contributed by atoms with Crippen molar-refractivity contribution in [2.24, 2.45) is 0 Å².